The smallest absolute Gasteiger partial charge is 0.253 e. The van der Waals surface area contributed by atoms with Crippen LogP contribution in [0.5, 0.6) is 0 Å². The van der Waals surface area contributed by atoms with Crippen LogP contribution >= 0.6 is 0 Å². The number of rotatable bonds is 8. The van der Waals surface area contributed by atoms with E-state index in [0.717, 1.165) is 24.5 Å². The fraction of sp³-hybridized carbons (Fsp3) is 0.600. The second kappa shape index (κ2) is 11.1. The molecular weight excluding hydrogens is 360 g/mol. The molecule has 0 radical (unpaired) electrons. The third kappa shape index (κ3) is 8.56. The molecule has 1 atom stereocenters. The first-order valence-electron chi connectivity index (χ1n) is 9.36. The molecule has 0 aliphatic carbocycles. The fourth-order valence-corrected chi connectivity index (χ4v) is 3.20. The monoisotopic (exact) mass is 394 g/mol. The third-order valence-corrected chi connectivity index (χ3v) is 5.78. The molecule has 152 valence electrons. The molecule has 0 saturated heterocycles. The predicted octanol–water partition coefficient (Wildman–Crippen LogP) is 2.03. The number of nitrogens with one attached hydrogen (secondary N) is 2. The number of amides is 1. The molecule has 1 aromatic rings. The lowest BCUT2D eigenvalue weighted by Crippen LogP contribution is -2.38. The Balaban J connectivity index is 2.58. The summed E-state index contributed by atoms with van der Waals surface area (Å²) in [5.74, 6) is 1.28. The maximum atomic E-state index is 12.1. The summed E-state index contributed by atoms with van der Waals surface area (Å²) in [5, 5.41) is 6.50. The molecule has 2 N–H and O–H groups in total. The van der Waals surface area contributed by atoms with Gasteiger partial charge in [-0.2, -0.15) is 0 Å². The van der Waals surface area contributed by atoms with Crippen LogP contribution in [0.4, 0.5) is 0 Å². The molecule has 1 aromatic carbocycles. The molecule has 7 heteroatoms. The van der Waals surface area contributed by atoms with Gasteiger partial charge in [0, 0.05) is 54.0 Å². The summed E-state index contributed by atoms with van der Waals surface area (Å²) >= 11 is 0. The standard InChI is InChI=1S/C20H34N4O2S/c1-7-21-19(23-13-14-27(26)20(2,3)4)22-12-11-16-9-8-10-17(15-16)18(25)24(5)6/h8-10,15H,7,11-14H2,1-6H3,(H2,21,22,23). The Morgan fingerprint density at radius 3 is 2.52 bits per heavy atom. The van der Waals surface area contributed by atoms with Crippen molar-refractivity contribution in [3.05, 3.63) is 35.4 Å². The largest absolute Gasteiger partial charge is 0.357 e. The first kappa shape index (κ1) is 23.1. The first-order valence-corrected chi connectivity index (χ1v) is 10.7. The summed E-state index contributed by atoms with van der Waals surface area (Å²) < 4.78 is 11.9. The zero-order chi connectivity index (χ0) is 20.4. The van der Waals surface area contributed by atoms with Crippen LogP contribution in [-0.4, -0.2) is 65.2 Å². The summed E-state index contributed by atoms with van der Waals surface area (Å²) in [4.78, 5) is 18.1. The SMILES string of the molecule is CCNC(=NCCS(=O)C(C)(C)C)NCCc1cccc(C(=O)N(C)C)c1. The molecule has 0 aliphatic rings. The molecule has 0 aliphatic heterocycles. The van der Waals surface area contributed by atoms with Gasteiger partial charge in [-0.05, 0) is 51.8 Å². The van der Waals surface area contributed by atoms with Crippen molar-refractivity contribution in [3.63, 3.8) is 0 Å². The van der Waals surface area contributed by atoms with Crippen molar-refractivity contribution in [3.8, 4) is 0 Å². The Kier molecular flexibility index (Phi) is 9.49. The summed E-state index contributed by atoms with van der Waals surface area (Å²) in [6.07, 6.45) is 0.785. The molecule has 0 bridgehead atoms. The second-order valence-electron chi connectivity index (χ2n) is 7.50. The molecular formula is C20H34N4O2S. The van der Waals surface area contributed by atoms with E-state index in [0.29, 0.717) is 24.4 Å². The number of carbonyl (C=O) groups excluding carboxylic acids is 1. The van der Waals surface area contributed by atoms with Gasteiger partial charge in [0.1, 0.15) is 0 Å². The molecule has 0 saturated carbocycles. The quantitative estimate of drug-likeness (QED) is 0.523. The molecule has 6 nitrogen and oxygen atoms in total. The van der Waals surface area contributed by atoms with E-state index >= 15 is 0 Å². The molecule has 1 amide bonds. The molecule has 0 spiro atoms. The number of guanidine groups is 1. The maximum absolute atomic E-state index is 12.1. The summed E-state index contributed by atoms with van der Waals surface area (Å²) in [6.45, 7) is 9.93. The van der Waals surface area contributed by atoms with Crippen molar-refractivity contribution in [1.82, 2.24) is 15.5 Å². The lowest BCUT2D eigenvalue weighted by atomic mass is 10.1. The van der Waals surface area contributed by atoms with Gasteiger partial charge in [0.2, 0.25) is 0 Å². The van der Waals surface area contributed by atoms with Gasteiger partial charge in [0.15, 0.2) is 5.96 Å². The second-order valence-corrected chi connectivity index (χ2v) is 9.82. The van der Waals surface area contributed by atoms with Gasteiger partial charge in [-0.25, -0.2) is 0 Å². The molecule has 1 rings (SSSR count). The zero-order valence-corrected chi connectivity index (χ0v) is 18.3. The van der Waals surface area contributed by atoms with Crippen molar-refractivity contribution in [1.29, 1.82) is 0 Å². The summed E-state index contributed by atoms with van der Waals surface area (Å²) in [5.41, 5.74) is 1.79. The van der Waals surface area contributed by atoms with Gasteiger partial charge < -0.3 is 15.5 Å². The highest BCUT2D eigenvalue weighted by molar-refractivity contribution is 7.86. The van der Waals surface area contributed by atoms with Crippen LogP contribution in [0.3, 0.4) is 0 Å². The Morgan fingerprint density at radius 1 is 1.22 bits per heavy atom. The normalized spacial score (nSPS) is 13.2. The number of benzene rings is 1. The van der Waals surface area contributed by atoms with E-state index in [9.17, 15) is 9.00 Å². The van der Waals surface area contributed by atoms with Gasteiger partial charge in [0.05, 0.1) is 6.54 Å². The van der Waals surface area contributed by atoms with Crippen LogP contribution < -0.4 is 10.6 Å². The lowest BCUT2D eigenvalue weighted by Gasteiger charge is -2.17. The van der Waals surface area contributed by atoms with E-state index in [4.69, 9.17) is 0 Å². The van der Waals surface area contributed by atoms with E-state index in [1.165, 1.54) is 0 Å². The Bertz CT molecular complexity index is 666. The van der Waals surface area contributed by atoms with Crippen LogP contribution in [0.1, 0.15) is 43.6 Å². The first-order chi connectivity index (χ1) is 12.6. The Morgan fingerprint density at radius 2 is 1.93 bits per heavy atom. The lowest BCUT2D eigenvalue weighted by molar-refractivity contribution is 0.0827. The molecule has 0 heterocycles. The van der Waals surface area contributed by atoms with E-state index in [-0.39, 0.29) is 10.7 Å². The van der Waals surface area contributed by atoms with Gasteiger partial charge in [-0.15, -0.1) is 0 Å². The topological polar surface area (TPSA) is 73.8 Å². The van der Waals surface area contributed by atoms with Crippen LogP contribution in [-0.2, 0) is 17.2 Å². The molecule has 0 fully saturated rings. The average molecular weight is 395 g/mol. The van der Waals surface area contributed by atoms with Crippen molar-refractivity contribution < 1.29 is 9.00 Å². The summed E-state index contributed by atoms with van der Waals surface area (Å²) in [6, 6.07) is 7.69. The highest BCUT2D eigenvalue weighted by Gasteiger charge is 2.18. The van der Waals surface area contributed by atoms with Crippen molar-refractivity contribution in [2.75, 3.05) is 39.5 Å². The maximum Gasteiger partial charge on any atom is 0.253 e. The Labute approximate surface area is 166 Å². The minimum absolute atomic E-state index is 0.00607. The van der Waals surface area contributed by atoms with Crippen molar-refractivity contribution >= 4 is 22.7 Å². The van der Waals surface area contributed by atoms with Gasteiger partial charge in [-0.3, -0.25) is 14.0 Å². The molecule has 27 heavy (non-hydrogen) atoms. The highest BCUT2D eigenvalue weighted by Crippen LogP contribution is 2.11. The molecule has 1 unspecified atom stereocenters. The minimum atomic E-state index is -0.903. The number of carbonyl (C=O) groups is 1. The van der Waals surface area contributed by atoms with E-state index in [1.54, 1.807) is 19.0 Å². The van der Waals surface area contributed by atoms with E-state index < -0.39 is 10.8 Å². The Hall–Kier alpha value is -1.89. The van der Waals surface area contributed by atoms with Crippen LogP contribution in [0.15, 0.2) is 29.3 Å². The van der Waals surface area contributed by atoms with Crippen LogP contribution in [0, 0.1) is 0 Å². The van der Waals surface area contributed by atoms with E-state index in [1.807, 2.05) is 52.0 Å². The predicted molar refractivity (Wildman–Crippen MR) is 115 cm³/mol. The minimum Gasteiger partial charge on any atom is -0.357 e. The van der Waals surface area contributed by atoms with Gasteiger partial charge in [-0.1, -0.05) is 12.1 Å². The van der Waals surface area contributed by atoms with Crippen LogP contribution in [0.25, 0.3) is 0 Å². The van der Waals surface area contributed by atoms with Crippen LogP contribution in [0.2, 0.25) is 0 Å². The number of hydrogen-bond acceptors (Lipinski definition) is 3. The highest BCUT2D eigenvalue weighted by atomic mass is 32.2. The molecule has 0 aromatic heterocycles. The fourth-order valence-electron chi connectivity index (χ4n) is 2.33. The third-order valence-electron chi connectivity index (χ3n) is 3.86. The number of hydrogen-bond donors (Lipinski definition) is 2. The van der Waals surface area contributed by atoms with Crippen molar-refractivity contribution in [2.45, 2.75) is 38.9 Å². The zero-order valence-electron chi connectivity index (χ0n) is 17.5. The van der Waals surface area contributed by atoms with Gasteiger partial charge >= 0.3 is 0 Å². The van der Waals surface area contributed by atoms with Crippen molar-refractivity contribution in [2.24, 2.45) is 4.99 Å². The van der Waals surface area contributed by atoms with E-state index in [2.05, 4.69) is 15.6 Å². The number of aliphatic imine (C=N–C) groups is 1. The summed E-state index contributed by atoms with van der Waals surface area (Å²) in [7, 11) is 2.60. The number of nitrogens with zero attached hydrogens (tertiary/aromatic N) is 2. The van der Waals surface area contributed by atoms with Gasteiger partial charge in [0.25, 0.3) is 5.91 Å². The average Bonchev–Trinajstić information content (AvgIpc) is 2.60.